The summed E-state index contributed by atoms with van der Waals surface area (Å²) in [6.07, 6.45) is 2.52. The highest BCUT2D eigenvalue weighted by Gasteiger charge is 2.13. The van der Waals surface area contributed by atoms with Gasteiger partial charge in [-0.15, -0.1) is 12.4 Å². The molecular formula is C13H19ClN2O2. The highest BCUT2D eigenvalue weighted by molar-refractivity contribution is 5.85. The van der Waals surface area contributed by atoms with Crippen molar-refractivity contribution in [1.29, 1.82) is 0 Å². The number of nitrogens with two attached hydrogens (primary N) is 1. The third-order valence-electron chi connectivity index (χ3n) is 3.00. The molecule has 18 heavy (non-hydrogen) atoms. The summed E-state index contributed by atoms with van der Waals surface area (Å²) in [6, 6.07) is 7.82. The van der Waals surface area contributed by atoms with Gasteiger partial charge in [0.2, 0.25) is 0 Å². The number of aromatic nitrogens is 1. The molecule has 0 spiro atoms. The van der Waals surface area contributed by atoms with Crippen molar-refractivity contribution in [3.05, 3.63) is 36.0 Å². The summed E-state index contributed by atoms with van der Waals surface area (Å²) >= 11 is 0. The van der Waals surface area contributed by atoms with Crippen LogP contribution in [0.4, 0.5) is 0 Å². The summed E-state index contributed by atoms with van der Waals surface area (Å²) in [6.45, 7) is 0.750. The van der Waals surface area contributed by atoms with E-state index in [4.69, 9.17) is 15.9 Å². The average molecular weight is 271 g/mol. The lowest BCUT2D eigenvalue weighted by atomic mass is 10.0. The van der Waals surface area contributed by atoms with Gasteiger partial charge in [0.05, 0.1) is 6.61 Å². The van der Waals surface area contributed by atoms with Crippen LogP contribution in [0.3, 0.4) is 0 Å². The number of hydrogen-bond donors (Lipinski definition) is 3. The number of para-hydroxylation sites is 1. The third kappa shape index (κ3) is 2.84. The van der Waals surface area contributed by atoms with Gasteiger partial charge in [0.1, 0.15) is 0 Å². The molecule has 2 rings (SSSR count). The van der Waals surface area contributed by atoms with Crippen LogP contribution in [0.15, 0.2) is 30.5 Å². The monoisotopic (exact) mass is 270 g/mol. The van der Waals surface area contributed by atoms with Crippen molar-refractivity contribution >= 4 is 23.3 Å². The molecule has 0 bridgehead atoms. The van der Waals surface area contributed by atoms with Crippen LogP contribution in [-0.2, 0) is 6.54 Å². The van der Waals surface area contributed by atoms with Crippen molar-refractivity contribution in [2.24, 2.45) is 5.73 Å². The first-order valence-electron chi connectivity index (χ1n) is 5.83. The normalized spacial score (nSPS) is 12.4. The van der Waals surface area contributed by atoms with Crippen LogP contribution in [0.25, 0.3) is 10.9 Å². The Morgan fingerprint density at radius 1 is 1.17 bits per heavy atom. The molecule has 100 valence electrons. The van der Waals surface area contributed by atoms with E-state index in [1.54, 1.807) is 0 Å². The summed E-state index contributed by atoms with van der Waals surface area (Å²) in [5.41, 5.74) is 8.15. The molecule has 0 saturated heterocycles. The van der Waals surface area contributed by atoms with E-state index in [1.807, 2.05) is 35.0 Å². The van der Waals surface area contributed by atoms with Crippen molar-refractivity contribution in [3.63, 3.8) is 0 Å². The van der Waals surface area contributed by atoms with E-state index in [0.717, 1.165) is 16.5 Å². The molecule has 1 atom stereocenters. The number of halogens is 1. The van der Waals surface area contributed by atoms with Gasteiger partial charge >= 0.3 is 0 Å². The Kier molecular flexibility index (Phi) is 5.62. The van der Waals surface area contributed by atoms with E-state index in [2.05, 4.69) is 0 Å². The maximum atomic E-state index is 9.04. The number of benzene rings is 1. The SMILES string of the molecule is Cl.NC(CCO)c1cn(CCO)c2ccccc12. The van der Waals surface area contributed by atoms with Gasteiger partial charge in [-0.25, -0.2) is 0 Å². The minimum absolute atomic E-state index is 0. The van der Waals surface area contributed by atoms with E-state index in [9.17, 15) is 0 Å². The molecule has 1 unspecified atom stereocenters. The Labute approximate surface area is 112 Å². The minimum Gasteiger partial charge on any atom is -0.396 e. The molecule has 0 aliphatic rings. The minimum atomic E-state index is -0.162. The fraction of sp³-hybridized carbons (Fsp3) is 0.385. The Balaban J connectivity index is 0.00000162. The second-order valence-electron chi connectivity index (χ2n) is 4.14. The molecule has 4 nitrogen and oxygen atoms in total. The number of fused-ring (bicyclic) bond motifs is 1. The van der Waals surface area contributed by atoms with Crippen LogP contribution in [0.5, 0.6) is 0 Å². The number of rotatable bonds is 5. The van der Waals surface area contributed by atoms with E-state index in [1.165, 1.54) is 0 Å². The Bertz CT molecular complexity index is 499. The first-order valence-corrected chi connectivity index (χ1v) is 5.83. The van der Waals surface area contributed by atoms with Gasteiger partial charge in [-0.3, -0.25) is 0 Å². The molecule has 0 saturated carbocycles. The molecule has 0 aliphatic heterocycles. The van der Waals surface area contributed by atoms with Gasteiger partial charge in [0.25, 0.3) is 0 Å². The van der Waals surface area contributed by atoms with Gasteiger partial charge in [-0.1, -0.05) is 18.2 Å². The van der Waals surface area contributed by atoms with Crippen LogP contribution < -0.4 is 5.73 Å². The van der Waals surface area contributed by atoms with Gasteiger partial charge < -0.3 is 20.5 Å². The van der Waals surface area contributed by atoms with Crippen molar-refractivity contribution in [3.8, 4) is 0 Å². The van der Waals surface area contributed by atoms with E-state index in [0.29, 0.717) is 13.0 Å². The first kappa shape index (κ1) is 15.0. The average Bonchev–Trinajstić information content (AvgIpc) is 2.70. The zero-order valence-corrected chi connectivity index (χ0v) is 10.9. The van der Waals surface area contributed by atoms with Crippen molar-refractivity contribution in [2.75, 3.05) is 13.2 Å². The van der Waals surface area contributed by atoms with Gasteiger partial charge in [0, 0.05) is 36.3 Å². The molecule has 0 radical (unpaired) electrons. The predicted octanol–water partition coefficient (Wildman–Crippen LogP) is 1.44. The van der Waals surface area contributed by atoms with Crippen molar-refractivity contribution < 1.29 is 10.2 Å². The predicted molar refractivity (Wildman–Crippen MR) is 74.9 cm³/mol. The Morgan fingerprint density at radius 2 is 1.89 bits per heavy atom. The van der Waals surface area contributed by atoms with E-state index < -0.39 is 0 Å². The quantitative estimate of drug-likeness (QED) is 0.770. The number of aliphatic hydroxyl groups is 2. The molecule has 0 amide bonds. The van der Waals surface area contributed by atoms with E-state index >= 15 is 0 Å². The van der Waals surface area contributed by atoms with Gasteiger partial charge in [-0.05, 0) is 18.1 Å². The third-order valence-corrected chi connectivity index (χ3v) is 3.00. The van der Waals surface area contributed by atoms with Gasteiger partial charge in [-0.2, -0.15) is 0 Å². The maximum Gasteiger partial charge on any atom is 0.0610 e. The summed E-state index contributed by atoms with van der Waals surface area (Å²) in [7, 11) is 0. The zero-order valence-electron chi connectivity index (χ0n) is 10.1. The highest BCUT2D eigenvalue weighted by Crippen LogP contribution is 2.26. The fourth-order valence-electron chi connectivity index (χ4n) is 2.16. The van der Waals surface area contributed by atoms with Crippen LogP contribution in [0.2, 0.25) is 0 Å². The molecule has 0 fully saturated rings. The number of nitrogens with zero attached hydrogens (tertiary/aromatic N) is 1. The summed E-state index contributed by atoms with van der Waals surface area (Å²) in [5.74, 6) is 0. The maximum absolute atomic E-state index is 9.04. The van der Waals surface area contributed by atoms with Crippen LogP contribution in [-0.4, -0.2) is 28.0 Å². The molecule has 1 heterocycles. The molecule has 2 aromatic rings. The highest BCUT2D eigenvalue weighted by atomic mass is 35.5. The van der Waals surface area contributed by atoms with Crippen molar-refractivity contribution in [1.82, 2.24) is 4.57 Å². The molecular weight excluding hydrogens is 252 g/mol. The standard InChI is InChI=1S/C13H18N2O2.ClH/c14-12(5-7-16)11-9-15(6-8-17)13-4-2-1-3-10(11)13;/h1-4,9,12,16-17H,5-8,14H2;1H. The van der Waals surface area contributed by atoms with Crippen LogP contribution >= 0.6 is 12.4 Å². The number of aliphatic hydroxyl groups excluding tert-OH is 2. The lowest BCUT2D eigenvalue weighted by molar-refractivity contribution is 0.274. The molecule has 4 N–H and O–H groups in total. The fourth-order valence-corrected chi connectivity index (χ4v) is 2.16. The van der Waals surface area contributed by atoms with Crippen molar-refractivity contribution in [2.45, 2.75) is 19.0 Å². The molecule has 1 aromatic heterocycles. The molecule has 5 heteroatoms. The lowest BCUT2D eigenvalue weighted by Gasteiger charge is -2.08. The Morgan fingerprint density at radius 3 is 2.56 bits per heavy atom. The number of hydrogen-bond acceptors (Lipinski definition) is 3. The van der Waals surface area contributed by atoms with Crippen LogP contribution in [0, 0.1) is 0 Å². The zero-order chi connectivity index (χ0) is 12.3. The van der Waals surface area contributed by atoms with E-state index in [-0.39, 0.29) is 31.7 Å². The second kappa shape index (κ2) is 6.75. The molecule has 1 aromatic carbocycles. The smallest absolute Gasteiger partial charge is 0.0610 e. The molecule has 0 aliphatic carbocycles. The largest absolute Gasteiger partial charge is 0.396 e. The summed E-state index contributed by atoms with van der Waals surface area (Å²) < 4.78 is 2.00. The first-order chi connectivity index (χ1) is 8.27. The summed E-state index contributed by atoms with van der Waals surface area (Å²) in [4.78, 5) is 0. The Hall–Kier alpha value is -1.07. The summed E-state index contributed by atoms with van der Waals surface area (Å²) in [5, 5.41) is 19.1. The van der Waals surface area contributed by atoms with Gasteiger partial charge in [0.15, 0.2) is 0 Å². The van der Waals surface area contributed by atoms with Crippen LogP contribution in [0.1, 0.15) is 18.0 Å². The second-order valence-corrected chi connectivity index (χ2v) is 4.14. The topological polar surface area (TPSA) is 71.4 Å². The lowest BCUT2D eigenvalue weighted by Crippen LogP contribution is -2.11.